The lowest BCUT2D eigenvalue weighted by Crippen LogP contribution is -2.52. The molecule has 7 N–H and O–H groups in total. The number of carbonyl (C=O) groups excluding carboxylic acids is 6. The Kier molecular flexibility index (Phi) is 17.7. The summed E-state index contributed by atoms with van der Waals surface area (Å²) < 4.78 is 39.6. The third-order valence-corrected chi connectivity index (χ3v) is 15.3. The summed E-state index contributed by atoms with van der Waals surface area (Å²) >= 11 is 0. The van der Waals surface area contributed by atoms with E-state index in [2.05, 4.69) is 56.2 Å². The number of anilines is 3. The molecule has 4 fully saturated rings. The van der Waals surface area contributed by atoms with Crippen molar-refractivity contribution in [2.75, 3.05) is 61.8 Å². The van der Waals surface area contributed by atoms with Gasteiger partial charge in [-0.2, -0.15) is 18.3 Å². The maximum Gasteiger partial charge on any atom is 0.416 e. The summed E-state index contributed by atoms with van der Waals surface area (Å²) in [6.07, 6.45) is 14.8. The Morgan fingerprint density at radius 3 is 2.31 bits per heavy atom. The molecule has 5 aromatic rings. The number of carbonyl (C=O) groups is 6. The van der Waals surface area contributed by atoms with Gasteiger partial charge in [-0.1, -0.05) is 43.5 Å². The first-order valence-electron chi connectivity index (χ1n) is 27.0. The molecule has 6 amide bonds. The van der Waals surface area contributed by atoms with Gasteiger partial charge in [0.1, 0.15) is 28.9 Å². The molecule has 9 rings (SSSR count). The quantitative estimate of drug-likeness (QED) is 0.0387. The minimum Gasteiger partial charge on any atom is -0.383 e. The molecule has 1 aliphatic carbocycles. The van der Waals surface area contributed by atoms with Crippen molar-refractivity contribution in [1.82, 2.24) is 50.9 Å². The molecule has 19 nitrogen and oxygen atoms in total. The fraction of sp³-hybridized carbons (Fsp3) is 0.464. The largest absolute Gasteiger partial charge is 0.416 e. The first kappa shape index (κ1) is 55.0. The molecule has 4 aliphatic rings. The normalized spacial score (nSPS) is 18.2. The third kappa shape index (κ3) is 14.2. The highest BCUT2D eigenvalue weighted by atomic mass is 19.4. The van der Waals surface area contributed by atoms with Gasteiger partial charge in [-0.3, -0.25) is 39.2 Å². The van der Waals surface area contributed by atoms with E-state index in [1.807, 2.05) is 18.2 Å². The number of imide groups is 1. The number of likely N-dealkylation sites (tertiary alicyclic amines) is 1. The van der Waals surface area contributed by atoms with Crippen molar-refractivity contribution < 1.29 is 41.9 Å². The van der Waals surface area contributed by atoms with Crippen molar-refractivity contribution in [3.8, 4) is 11.3 Å². The molecule has 1 unspecified atom stereocenters. The molecule has 1 aromatic carbocycles. The fourth-order valence-electron chi connectivity index (χ4n) is 10.9. The maximum absolute atomic E-state index is 14.1. The number of allylic oxidation sites excluding steroid dienone is 1. The SMILES string of the molecule is Nc1ncc(/C=C/CCCN(CC(=O)NC2CCCCC2)C(=O)CC2CCN(CC3CCN(c4ccc(C(=O)NC5CCC(=O)NC5=O)nc4)CC3)CC2)c2n[nH]c(-c3ccc(C(=O)Nc4cc(C(F)(F)F)ccn4)cc3)c12. The highest BCUT2D eigenvalue weighted by Gasteiger charge is 2.32. The molecule has 22 heteroatoms. The van der Waals surface area contributed by atoms with Crippen molar-refractivity contribution in [3.05, 3.63) is 95.6 Å². The smallest absolute Gasteiger partial charge is 0.383 e. The van der Waals surface area contributed by atoms with Crippen LogP contribution >= 0.6 is 0 Å². The molecule has 4 aromatic heterocycles. The number of hydrogen-bond acceptors (Lipinski definition) is 13. The predicted molar refractivity (Wildman–Crippen MR) is 287 cm³/mol. The van der Waals surface area contributed by atoms with Gasteiger partial charge in [0.25, 0.3) is 11.8 Å². The lowest BCUT2D eigenvalue weighted by molar-refractivity contribution is -0.138. The number of benzene rings is 1. The number of alkyl halides is 3. The summed E-state index contributed by atoms with van der Waals surface area (Å²) in [5.41, 5.74) is 9.31. The van der Waals surface area contributed by atoms with Crippen LogP contribution in [0.3, 0.4) is 0 Å². The molecule has 0 spiro atoms. The number of nitrogens with zero attached hydrogens (tertiary/aromatic N) is 7. The van der Waals surface area contributed by atoms with E-state index in [1.165, 1.54) is 18.6 Å². The van der Waals surface area contributed by atoms with Crippen LogP contribution in [0, 0.1) is 11.8 Å². The molecule has 7 heterocycles. The zero-order valence-corrected chi connectivity index (χ0v) is 43.5. The van der Waals surface area contributed by atoms with E-state index in [1.54, 1.807) is 35.5 Å². The molecule has 1 saturated carbocycles. The Balaban J connectivity index is 0.740. The number of rotatable bonds is 18. The molecular formula is C56H66F3N13O6. The maximum atomic E-state index is 14.1. The molecule has 3 aliphatic heterocycles. The van der Waals surface area contributed by atoms with E-state index < -0.39 is 35.5 Å². The summed E-state index contributed by atoms with van der Waals surface area (Å²) in [5, 5.41) is 18.7. The minimum absolute atomic E-state index is 0.00375. The van der Waals surface area contributed by atoms with Crippen LogP contribution in [0.5, 0.6) is 0 Å². The van der Waals surface area contributed by atoms with Gasteiger partial charge in [0.15, 0.2) is 0 Å². The Hall–Kier alpha value is -7.75. The zero-order valence-electron chi connectivity index (χ0n) is 43.5. The number of piperidine rings is 3. The average molecular weight is 1070 g/mol. The number of pyridine rings is 3. The predicted octanol–water partition coefficient (Wildman–Crippen LogP) is 6.89. The number of aromatic amines is 1. The summed E-state index contributed by atoms with van der Waals surface area (Å²) in [5.74, 6) is -1.27. The van der Waals surface area contributed by atoms with E-state index >= 15 is 0 Å². The Labute approximate surface area is 449 Å². The number of fused-ring (bicyclic) bond motifs is 1. The lowest BCUT2D eigenvalue weighted by atomic mass is 9.90. The molecule has 1 atom stereocenters. The van der Waals surface area contributed by atoms with Gasteiger partial charge >= 0.3 is 6.18 Å². The number of aromatic nitrogens is 5. The summed E-state index contributed by atoms with van der Waals surface area (Å²) in [4.78, 5) is 95.8. The van der Waals surface area contributed by atoms with Crippen LogP contribution in [0.25, 0.3) is 28.2 Å². The number of H-pyrrole nitrogens is 1. The number of unbranched alkanes of at least 4 members (excludes halogenated alkanes) is 1. The van der Waals surface area contributed by atoms with Crippen molar-refractivity contribution in [2.45, 2.75) is 108 Å². The number of hydrogen-bond donors (Lipinski definition) is 6. The summed E-state index contributed by atoms with van der Waals surface area (Å²) in [7, 11) is 0. The monoisotopic (exact) mass is 1070 g/mol. The Morgan fingerprint density at radius 2 is 1.59 bits per heavy atom. The minimum atomic E-state index is -4.58. The molecule has 412 valence electrons. The Bertz CT molecular complexity index is 2980. The van der Waals surface area contributed by atoms with Gasteiger partial charge in [-0.05, 0) is 119 Å². The number of amides is 6. The van der Waals surface area contributed by atoms with Gasteiger partial charge in [-0.15, -0.1) is 0 Å². The Morgan fingerprint density at radius 1 is 0.833 bits per heavy atom. The summed E-state index contributed by atoms with van der Waals surface area (Å²) in [6.45, 7) is 5.02. The van der Waals surface area contributed by atoms with E-state index in [0.29, 0.717) is 59.4 Å². The van der Waals surface area contributed by atoms with Gasteiger partial charge in [-0.25, -0.2) is 15.0 Å². The first-order valence-corrected chi connectivity index (χ1v) is 27.0. The molecular weight excluding hydrogens is 1010 g/mol. The summed E-state index contributed by atoms with van der Waals surface area (Å²) in [6, 6.07) is 10.9. The van der Waals surface area contributed by atoms with Crippen LogP contribution < -0.4 is 31.9 Å². The van der Waals surface area contributed by atoms with Gasteiger partial charge < -0.3 is 36.4 Å². The van der Waals surface area contributed by atoms with Gasteiger partial charge in [0, 0.05) is 74.1 Å². The van der Waals surface area contributed by atoms with Crippen LogP contribution in [0.1, 0.15) is 122 Å². The standard InChI is InChI=1S/C56H66F3N13O6/c57-56(58,59)40-18-23-61-45(30-40)66-53(76)38-12-10-37(11-13-38)50-49-51(69-68-50)39(31-63-52(49)60)7-3-2-6-24-72(34-47(74)64-41-8-4-1-5-9-41)48(75)29-35-19-25-70(26-20-35)33-36-21-27-71(28-22-36)42-14-15-43(62-32-42)54(77)65-44-16-17-46(73)67-55(44)78/h3,7,10-15,18,23,30-32,35-36,41,44H,1-2,4-6,8-9,16-17,19-22,24-29,33-34H2,(H2,60,63)(H,64,74)(H,65,77)(H,68,69)(H,61,66,76)(H,67,73,78)/b7-3+. The lowest BCUT2D eigenvalue weighted by Gasteiger charge is -2.38. The number of nitrogens with one attached hydrogen (secondary N) is 5. The number of halogens is 3. The molecule has 3 saturated heterocycles. The van der Waals surface area contributed by atoms with Gasteiger partial charge in [0.2, 0.25) is 23.6 Å². The topological polar surface area (TPSA) is 254 Å². The van der Waals surface area contributed by atoms with E-state index in [9.17, 15) is 41.9 Å². The molecule has 0 radical (unpaired) electrons. The third-order valence-electron chi connectivity index (χ3n) is 15.3. The molecule has 78 heavy (non-hydrogen) atoms. The second-order valence-corrected chi connectivity index (χ2v) is 20.9. The van der Waals surface area contributed by atoms with Gasteiger partial charge in [0.05, 0.1) is 35.1 Å². The van der Waals surface area contributed by atoms with Crippen LogP contribution in [0.2, 0.25) is 0 Å². The van der Waals surface area contributed by atoms with Crippen LogP contribution in [0.15, 0.2) is 73.2 Å². The number of nitrogens with two attached hydrogens (primary N) is 1. The van der Waals surface area contributed by atoms with Crippen LogP contribution in [0.4, 0.5) is 30.5 Å². The highest BCUT2D eigenvalue weighted by Crippen LogP contribution is 2.34. The fourth-order valence-corrected chi connectivity index (χ4v) is 10.9. The van der Waals surface area contributed by atoms with E-state index in [4.69, 9.17) is 5.73 Å². The second kappa shape index (κ2) is 25.2. The molecule has 0 bridgehead atoms. The van der Waals surface area contributed by atoms with E-state index in [-0.39, 0.29) is 72.0 Å². The van der Waals surface area contributed by atoms with E-state index in [0.717, 1.165) is 108 Å². The van der Waals surface area contributed by atoms with Crippen LogP contribution in [-0.2, 0) is 25.4 Å². The second-order valence-electron chi connectivity index (χ2n) is 20.9. The first-order chi connectivity index (χ1) is 37.6. The zero-order chi connectivity index (χ0) is 54.8. The number of nitrogen functional groups attached to an aromatic ring is 1. The van der Waals surface area contributed by atoms with Crippen molar-refractivity contribution >= 4 is 69.7 Å². The highest BCUT2D eigenvalue weighted by molar-refractivity contribution is 6.06. The van der Waals surface area contributed by atoms with Crippen molar-refractivity contribution in [1.29, 1.82) is 0 Å². The van der Waals surface area contributed by atoms with Crippen molar-refractivity contribution in [2.24, 2.45) is 11.8 Å². The average Bonchev–Trinajstić information content (AvgIpc) is 3.96. The van der Waals surface area contributed by atoms with Crippen molar-refractivity contribution in [3.63, 3.8) is 0 Å². The van der Waals surface area contributed by atoms with Crippen LogP contribution in [-0.4, -0.2) is 128 Å².